The van der Waals surface area contributed by atoms with Crippen molar-refractivity contribution in [3.05, 3.63) is 44.9 Å². The first-order valence-electron chi connectivity index (χ1n) is 6.21. The van der Waals surface area contributed by atoms with Crippen LogP contribution in [0.25, 0.3) is 0 Å². The van der Waals surface area contributed by atoms with Crippen LogP contribution in [0.1, 0.15) is 24.0 Å². The SMILES string of the molecule is N#Cc1ccc(CC(C#N)(C=C(Br)Br)CCC(F)(F)F)cc1. The maximum Gasteiger partial charge on any atom is 0.389 e. The predicted octanol–water partition coefficient (Wildman–Crippen LogP) is 5.58. The van der Waals surface area contributed by atoms with Crippen LogP contribution < -0.4 is 0 Å². The third kappa shape index (κ3) is 6.21. The van der Waals surface area contributed by atoms with Crippen molar-refractivity contribution in [3.8, 4) is 12.1 Å². The molecule has 0 saturated heterocycles. The summed E-state index contributed by atoms with van der Waals surface area (Å²) in [5.41, 5.74) is -0.134. The highest BCUT2D eigenvalue weighted by Crippen LogP contribution is 2.37. The van der Waals surface area contributed by atoms with Crippen LogP contribution in [0, 0.1) is 28.1 Å². The van der Waals surface area contributed by atoms with Gasteiger partial charge in [-0.3, -0.25) is 0 Å². The van der Waals surface area contributed by atoms with Gasteiger partial charge in [-0.2, -0.15) is 23.7 Å². The highest BCUT2D eigenvalue weighted by molar-refractivity contribution is 9.28. The molecule has 2 nitrogen and oxygen atoms in total. The molecular formula is C15H11Br2F3N2. The van der Waals surface area contributed by atoms with Crippen LogP contribution in [0.3, 0.4) is 0 Å². The molecule has 0 spiro atoms. The number of nitrogens with zero attached hydrogens (tertiary/aromatic N) is 2. The van der Waals surface area contributed by atoms with E-state index in [1.807, 2.05) is 12.1 Å². The Labute approximate surface area is 143 Å². The summed E-state index contributed by atoms with van der Waals surface area (Å²) in [6.07, 6.45) is -4.13. The molecule has 0 aliphatic rings. The van der Waals surface area contributed by atoms with E-state index in [4.69, 9.17) is 5.26 Å². The highest BCUT2D eigenvalue weighted by Gasteiger charge is 2.35. The molecule has 1 unspecified atom stereocenters. The first-order valence-corrected chi connectivity index (χ1v) is 7.79. The molecule has 0 aliphatic heterocycles. The van der Waals surface area contributed by atoms with Gasteiger partial charge >= 0.3 is 6.18 Å². The van der Waals surface area contributed by atoms with E-state index in [0.717, 1.165) is 0 Å². The number of nitriles is 2. The van der Waals surface area contributed by atoms with Crippen LogP contribution in [0.5, 0.6) is 0 Å². The van der Waals surface area contributed by atoms with Gasteiger partial charge < -0.3 is 0 Å². The quantitative estimate of drug-likeness (QED) is 0.605. The third-order valence-electron chi connectivity index (χ3n) is 3.07. The molecule has 22 heavy (non-hydrogen) atoms. The van der Waals surface area contributed by atoms with Gasteiger partial charge in [0.1, 0.15) is 0 Å². The van der Waals surface area contributed by atoms with Crippen molar-refractivity contribution in [2.75, 3.05) is 0 Å². The number of allylic oxidation sites excluding steroid dienone is 1. The number of hydrogen-bond acceptors (Lipinski definition) is 2. The molecule has 0 bridgehead atoms. The first-order chi connectivity index (χ1) is 10.2. The molecule has 0 amide bonds. The maximum atomic E-state index is 12.5. The Balaban J connectivity index is 3.06. The largest absolute Gasteiger partial charge is 0.389 e. The zero-order chi connectivity index (χ0) is 16.8. The molecule has 0 aromatic heterocycles. The summed E-state index contributed by atoms with van der Waals surface area (Å²) in [5, 5.41) is 18.2. The van der Waals surface area contributed by atoms with E-state index in [-0.39, 0.29) is 12.8 Å². The van der Waals surface area contributed by atoms with Crippen LogP contribution >= 0.6 is 31.9 Å². The molecule has 0 N–H and O–H groups in total. The van der Waals surface area contributed by atoms with Crippen molar-refractivity contribution in [1.82, 2.24) is 0 Å². The van der Waals surface area contributed by atoms with Gasteiger partial charge in [0.2, 0.25) is 0 Å². The van der Waals surface area contributed by atoms with E-state index in [1.54, 1.807) is 24.3 Å². The third-order valence-corrected chi connectivity index (χ3v) is 3.52. The molecule has 0 saturated carbocycles. The molecule has 1 aromatic rings. The van der Waals surface area contributed by atoms with Gasteiger partial charge in [0.05, 0.1) is 26.5 Å². The summed E-state index contributed by atoms with van der Waals surface area (Å²) in [5.74, 6) is 0. The summed E-state index contributed by atoms with van der Waals surface area (Å²) in [4.78, 5) is 0. The number of benzene rings is 1. The molecule has 0 fully saturated rings. The molecule has 116 valence electrons. The summed E-state index contributed by atoms with van der Waals surface area (Å²) in [7, 11) is 0. The van der Waals surface area contributed by atoms with Crippen LogP contribution in [0.2, 0.25) is 0 Å². The van der Waals surface area contributed by atoms with E-state index < -0.39 is 18.0 Å². The van der Waals surface area contributed by atoms with Gasteiger partial charge in [-0.25, -0.2) is 0 Å². The van der Waals surface area contributed by atoms with Crippen LogP contribution in [-0.4, -0.2) is 6.18 Å². The van der Waals surface area contributed by atoms with Crippen molar-refractivity contribution in [2.24, 2.45) is 5.41 Å². The van der Waals surface area contributed by atoms with Crippen molar-refractivity contribution < 1.29 is 13.2 Å². The minimum atomic E-state index is -4.32. The monoisotopic (exact) mass is 434 g/mol. The average Bonchev–Trinajstić information content (AvgIpc) is 2.44. The van der Waals surface area contributed by atoms with Gasteiger partial charge in [0.15, 0.2) is 0 Å². The second-order valence-corrected chi connectivity index (χ2v) is 7.58. The zero-order valence-corrected chi connectivity index (χ0v) is 14.5. The molecule has 7 heteroatoms. The normalized spacial score (nSPS) is 13.6. The molecule has 0 aliphatic carbocycles. The zero-order valence-electron chi connectivity index (χ0n) is 11.3. The summed E-state index contributed by atoms with van der Waals surface area (Å²) >= 11 is 6.22. The number of halogens is 5. The van der Waals surface area contributed by atoms with Gasteiger partial charge in [-0.15, -0.1) is 0 Å². The fraction of sp³-hybridized carbons (Fsp3) is 0.333. The standard InChI is InChI=1S/C15H11Br2F3N2/c16-13(17)8-14(10-22,5-6-15(18,19)20)7-11-1-3-12(9-21)4-2-11/h1-4,8H,5-7H2. The van der Waals surface area contributed by atoms with Gasteiger partial charge in [-0.1, -0.05) is 12.1 Å². The van der Waals surface area contributed by atoms with Gasteiger partial charge in [-0.05, 0) is 68.5 Å². The van der Waals surface area contributed by atoms with E-state index >= 15 is 0 Å². The average molecular weight is 436 g/mol. The summed E-state index contributed by atoms with van der Waals surface area (Å²) in [6.45, 7) is 0. The smallest absolute Gasteiger partial charge is 0.197 e. The van der Waals surface area contributed by atoms with Gasteiger partial charge in [0.25, 0.3) is 0 Å². The van der Waals surface area contributed by atoms with Crippen LogP contribution in [0.15, 0.2) is 33.7 Å². The number of rotatable bonds is 5. The van der Waals surface area contributed by atoms with E-state index in [1.165, 1.54) is 6.08 Å². The maximum absolute atomic E-state index is 12.5. The lowest BCUT2D eigenvalue weighted by molar-refractivity contribution is -0.138. The van der Waals surface area contributed by atoms with Gasteiger partial charge in [0, 0.05) is 6.42 Å². The second-order valence-electron chi connectivity index (χ2n) is 4.80. The van der Waals surface area contributed by atoms with E-state index in [9.17, 15) is 18.4 Å². The second kappa shape index (κ2) is 7.80. The van der Waals surface area contributed by atoms with Crippen LogP contribution in [0.4, 0.5) is 13.2 Å². The Kier molecular flexibility index (Phi) is 6.65. The number of alkyl halides is 3. The summed E-state index contributed by atoms with van der Waals surface area (Å²) in [6, 6.07) is 10.4. The molecule has 1 atom stereocenters. The van der Waals surface area contributed by atoms with Crippen molar-refractivity contribution in [3.63, 3.8) is 0 Å². The lowest BCUT2D eigenvalue weighted by Crippen LogP contribution is -2.23. The molecule has 1 aromatic carbocycles. The van der Waals surface area contributed by atoms with Crippen LogP contribution in [-0.2, 0) is 6.42 Å². The molecule has 0 heterocycles. The predicted molar refractivity (Wildman–Crippen MR) is 84.1 cm³/mol. The molecule has 1 rings (SSSR count). The Morgan fingerprint density at radius 2 is 1.68 bits per heavy atom. The first kappa shape index (κ1) is 18.7. The lowest BCUT2D eigenvalue weighted by Gasteiger charge is -2.24. The van der Waals surface area contributed by atoms with E-state index in [0.29, 0.717) is 14.5 Å². The Morgan fingerprint density at radius 1 is 1.09 bits per heavy atom. The number of hydrogen-bond donors (Lipinski definition) is 0. The van der Waals surface area contributed by atoms with E-state index in [2.05, 4.69) is 31.9 Å². The molecular weight excluding hydrogens is 425 g/mol. The summed E-state index contributed by atoms with van der Waals surface area (Å²) < 4.78 is 38.0. The topological polar surface area (TPSA) is 47.6 Å². The minimum Gasteiger partial charge on any atom is -0.197 e. The lowest BCUT2D eigenvalue weighted by atomic mass is 9.79. The fourth-order valence-electron chi connectivity index (χ4n) is 1.97. The Bertz CT molecular complexity index is 620. The highest BCUT2D eigenvalue weighted by atomic mass is 79.9. The van der Waals surface area contributed by atoms with Crippen molar-refractivity contribution in [1.29, 1.82) is 10.5 Å². The van der Waals surface area contributed by atoms with Crippen molar-refractivity contribution in [2.45, 2.75) is 25.4 Å². The molecule has 0 radical (unpaired) electrons. The Hall–Kier alpha value is -1.31. The minimum absolute atomic E-state index is 0.131. The fourth-order valence-corrected chi connectivity index (χ4v) is 2.85. The Morgan fingerprint density at radius 3 is 2.09 bits per heavy atom. The van der Waals surface area contributed by atoms with Crippen molar-refractivity contribution >= 4 is 31.9 Å².